The number of aromatic nitrogens is 2. The number of aliphatic hydroxyl groups excluding tert-OH is 1. The molecule has 0 saturated heterocycles. The van der Waals surface area contributed by atoms with Gasteiger partial charge in [-0.1, -0.05) is 18.2 Å². The summed E-state index contributed by atoms with van der Waals surface area (Å²) in [5.41, 5.74) is -1.20. The van der Waals surface area contributed by atoms with Crippen molar-refractivity contribution in [1.82, 2.24) is 9.78 Å². The average Bonchev–Trinajstić information content (AvgIpc) is 2.70. The molecule has 0 radical (unpaired) electrons. The number of aliphatic hydroxyl groups is 1. The average molecular weight is 272 g/mol. The predicted octanol–water partition coefficient (Wildman–Crippen LogP) is 1.74. The number of alkyl halides is 3. The third kappa shape index (κ3) is 2.70. The number of nitrogens with one attached hydrogen (secondary N) is 1. The highest BCUT2D eigenvalue weighted by atomic mass is 19.4. The summed E-state index contributed by atoms with van der Waals surface area (Å²) in [5, 5.41) is 11.4. The van der Waals surface area contributed by atoms with Crippen LogP contribution in [0, 0.1) is 0 Å². The van der Waals surface area contributed by atoms with Gasteiger partial charge in [-0.05, 0) is 11.6 Å². The van der Waals surface area contributed by atoms with E-state index in [9.17, 15) is 18.0 Å². The highest BCUT2D eigenvalue weighted by molar-refractivity contribution is 5.29. The molecule has 2 aromatic rings. The molecule has 0 atom stereocenters. The van der Waals surface area contributed by atoms with Gasteiger partial charge in [0.2, 0.25) is 0 Å². The summed E-state index contributed by atoms with van der Waals surface area (Å²) in [5.74, 6) is 0. The second-order valence-electron chi connectivity index (χ2n) is 4.00. The normalized spacial score (nSPS) is 11.8. The molecular formula is C12H11F3N2O2. The van der Waals surface area contributed by atoms with Gasteiger partial charge < -0.3 is 10.2 Å². The Morgan fingerprint density at radius 1 is 1.21 bits per heavy atom. The molecule has 0 amide bonds. The highest BCUT2D eigenvalue weighted by Gasteiger charge is 2.33. The fourth-order valence-corrected chi connectivity index (χ4v) is 1.79. The van der Waals surface area contributed by atoms with Crippen molar-refractivity contribution in [2.45, 2.75) is 19.3 Å². The zero-order valence-corrected chi connectivity index (χ0v) is 9.74. The van der Waals surface area contributed by atoms with Crippen LogP contribution in [0.15, 0.2) is 35.3 Å². The molecule has 0 fully saturated rings. The summed E-state index contributed by atoms with van der Waals surface area (Å²) in [6.07, 6.45) is -3.19. The summed E-state index contributed by atoms with van der Waals surface area (Å²) in [6.45, 7) is -0.683. The second kappa shape index (κ2) is 4.93. The van der Waals surface area contributed by atoms with Crippen LogP contribution in [0.1, 0.15) is 16.7 Å². The lowest BCUT2D eigenvalue weighted by atomic mass is 10.1. The van der Waals surface area contributed by atoms with Crippen LogP contribution < -0.4 is 5.56 Å². The largest absolute Gasteiger partial charge is 0.416 e. The number of H-pyrrole nitrogens is 1. The quantitative estimate of drug-likeness (QED) is 0.894. The Bertz CT molecular complexity index is 628. The van der Waals surface area contributed by atoms with Crippen LogP contribution in [0.25, 0.3) is 0 Å². The molecule has 2 N–H and O–H groups in total. The molecule has 0 aliphatic rings. The summed E-state index contributed by atoms with van der Waals surface area (Å²) in [4.78, 5) is 11.7. The molecule has 0 bridgehead atoms. The molecule has 1 heterocycles. The molecule has 0 saturated carbocycles. The fraction of sp³-hybridized carbons (Fsp3) is 0.250. The zero-order valence-electron chi connectivity index (χ0n) is 9.74. The highest BCUT2D eigenvalue weighted by Crippen LogP contribution is 2.31. The number of aromatic amines is 1. The molecule has 2 rings (SSSR count). The Hall–Kier alpha value is -2.02. The Morgan fingerprint density at radius 2 is 1.89 bits per heavy atom. The summed E-state index contributed by atoms with van der Waals surface area (Å²) < 4.78 is 39.4. The van der Waals surface area contributed by atoms with Crippen molar-refractivity contribution in [3.05, 3.63) is 57.5 Å². The first kappa shape index (κ1) is 13.4. The van der Waals surface area contributed by atoms with E-state index in [1.165, 1.54) is 24.4 Å². The maximum atomic E-state index is 12.8. The van der Waals surface area contributed by atoms with Crippen molar-refractivity contribution in [2.24, 2.45) is 0 Å². The van der Waals surface area contributed by atoms with Crippen molar-refractivity contribution in [1.29, 1.82) is 0 Å². The molecule has 1 aromatic carbocycles. The van der Waals surface area contributed by atoms with E-state index in [0.717, 1.165) is 10.7 Å². The first-order valence-electron chi connectivity index (χ1n) is 5.46. The first-order valence-corrected chi connectivity index (χ1v) is 5.46. The fourth-order valence-electron chi connectivity index (χ4n) is 1.79. The van der Waals surface area contributed by atoms with Gasteiger partial charge in [-0.15, -0.1) is 0 Å². The van der Waals surface area contributed by atoms with Crippen molar-refractivity contribution in [2.75, 3.05) is 0 Å². The number of halogens is 3. The summed E-state index contributed by atoms with van der Waals surface area (Å²) >= 11 is 0. The van der Waals surface area contributed by atoms with E-state index >= 15 is 0 Å². The Labute approximate surface area is 106 Å². The SMILES string of the molecule is O=c1c(CO)c[nH]n1Cc1ccccc1C(F)(F)F. The molecular weight excluding hydrogens is 261 g/mol. The zero-order chi connectivity index (χ0) is 14.0. The van der Waals surface area contributed by atoms with Gasteiger partial charge >= 0.3 is 6.18 Å². The lowest BCUT2D eigenvalue weighted by Gasteiger charge is -2.12. The summed E-state index contributed by atoms with van der Waals surface area (Å²) in [6, 6.07) is 5.06. The number of benzene rings is 1. The number of hydrogen-bond donors (Lipinski definition) is 2. The van der Waals surface area contributed by atoms with E-state index < -0.39 is 23.9 Å². The molecule has 1 aromatic heterocycles. The maximum Gasteiger partial charge on any atom is 0.416 e. The third-order valence-corrected chi connectivity index (χ3v) is 2.74. The lowest BCUT2D eigenvalue weighted by Crippen LogP contribution is -2.21. The van der Waals surface area contributed by atoms with E-state index in [0.29, 0.717) is 0 Å². The maximum absolute atomic E-state index is 12.8. The monoisotopic (exact) mass is 272 g/mol. The minimum absolute atomic E-state index is 0.0107. The topological polar surface area (TPSA) is 58.0 Å². The van der Waals surface area contributed by atoms with Crippen LogP contribution in [-0.2, 0) is 19.3 Å². The van der Waals surface area contributed by atoms with Crippen molar-refractivity contribution < 1.29 is 18.3 Å². The van der Waals surface area contributed by atoms with Gasteiger partial charge in [0, 0.05) is 6.20 Å². The number of hydrogen-bond acceptors (Lipinski definition) is 2. The van der Waals surface area contributed by atoms with E-state index in [-0.39, 0.29) is 17.7 Å². The van der Waals surface area contributed by atoms with Crippen LogP contribution in [0.4, 0.5) is 13.2 Å². The van der Waals surface area contributed by atoms with Gasteiger partial charge in [-0.2, -0.15) is 13.2 Å². The van der Waals surface area contributed by atoms with E-state index in [4.69, 9.17) is 5.11 Å². The first-order chi connectivity index (χ1) is 8.93. The van der Waals surface area contributed by atoms with Crippen LogP contribution >= 0.6 is 0 Å². The van der Waals surface area contributed by atoms with Gasteiger partial charge in [0.25, 0.3) is 5.56 Å². The molecule has 0 spiro atoms. The van der Waals surface area contributed by atoms with Gasteiger partial charge in [-0.3, -0.25) is 4.79 Å². The van der Waals surface area contributed by atoms with E-state index in [1.54, 1.807) is 0 Å². The van der Waals surface area contributed by atoms with Crippen molar-refractivity contribution in [3.63, 3.8) is 0 Å². The van der Waals surface area contributed by atoms with Crippen LogP contribution in [0.5, 0.6) is 0 Å². The smallest absolute Gasteiger partial charge is 0.391 e. The van der Waals surface area contributed by atoms with Gasteiger partial charge in [0.05, 0.1) is 24.3 Å². The predicted molar refractivity (Wildman–Crippen MR) is 61.5 cm³/mol. The Kier molecular flexibility index (Phi) is 3.48. The second-order valence-corrected chi connectivity index (χ2v) is 4.00. The molecule has 0 aliphatic carbocycles. The minimum atomic E-state index is -4.47. The van der Waals surface area contributed by atoms with Crippen LogP contribution in [-0.4, -0.2) is 14.9 Å². The summed E-state index contributed by atoms with van der Waals surface area (Å²) in [7, 11) is 0. The van der Waals surface area contributed by atoms with Gasteiger partial charge in [0.1, 0.15) is 0 Å². The number of nitrogens with zero attached hydrogens (tertiary/aromatic N) is 1. The molecule has 4 nitrogen and oxygen atoms in total. The molecule has 7 heteroatoms. The van der Waals surface area contributed by atoms with Crippen molar-refractivity contribution >= 4 is 0 Å². The molecule has 0 unspecified atom stereocenters. The van der Waals surface area contributed by atoms with Crippen molar-refractivity contribution in [3.8, 4) is 0 Å². The van der Waals surface area contributed by atoms with E-state index in [1.807, 2.05) is 0 Å². The molecule has 19 heavy (non-hydrogen) atoms. The van der Waals surface area contributed by atoms with E-state index in [2.05, 4.69) is 5.10 Å². The lowest BCUT2D eigenvalue weighted by molar-refractivity contribution is -0.138. The number of rotatable bonds is 3. The third-order valence-electron chi connectivity index (χ3n) is 2.74. The minimum Gasteiger partial charge on any atom is -0.391 e. The van der Waals surface area contributed by atoms with Gasteiger partial charge in [0.15, 0.2) is 0 Å². The standard InChI is InChI=1S/C12H11F3N2O2/c13-12(14,15)10-4-2-1-3-8(10)6-17-11(19)9(7-18)5-16-17/h1-5,16,18H,6-7H2. The van der Waals surface area contributed by atoms with Crippen LogP contribution in [0.2, 0.25) is 0 Å². The molecule has 102 valence electrons. The van der Waals surface area contributed by atoms with Gasteiger partial charge in [-0.25, -0.2) is 4.68 Å². The van der Waals surface area contributed by atoms with Crippen LogP contribution in [0.3, 0.4) is 0 Å². The molecule has 0 aliphatic heterocycles. The Morgan fingerprint density at radius 3 is 2.47 bits per heavy atom. The Balaban J connectivity index is 2.39.